The minimum atomic E-state index is 0.611. The van der Waals surface area contributed by atoms with E-state index in [1.54, 1.807) is 7.11 Å². The van der Waals surface area contributed by atoms with Gasteiger partial charge in [-0.1, -0.05) is 24.6 Å². The average Bonchev–Trinajstić information content (AvgIpc) is 2.61. The second-order valence-corrected chi connectivity index (χ2v) is 6.31. The quantitative estimate of drug-likeness (QED) is 0.595. The van der Waals surface area contributed by atoms with Crippen molar-refractivity contribution in [2.45, 2.75) is 45.7 Å². The summed E-state index contributed by atoms with van der Waals surface area (Å²) < 4.78 is 5.39. The van der Waals surface area contributed by atoms with Gasteiger partial charge in [0.25, 0.3) is 0 Å². The van der Waals surface area contributed by atoms with Crippen LogP contribution in [0, 0.1) is 0 Å². The predicted octanol–water partition coefficient (Wildman–Crippen LogP) is 2.62. The van der Waals surface area contributed by atoms with Crippen molar-refractivity contribution in [3.8, 4) is 5.75 Å². The first kappa shape index (κ1) is 18.6. The Bertz CT molecular complexity index is 518. The molecule has 134 valence electrons. The topological polar surface area (TPSA) is 48.9 Å². The van der Waals surface area contributed by atoms with Gasteiger partial charge in [0.2, 0.25) is 0 Å². The molecule has 0 bridgehead atoms. The molecule has 2 N–H and O–H groups in total. The number of rotatable bonds is 7. The number of nitrogens with one attached hydrogen (secondary N) is 2. The molecular weight excluding hydrogens is 300 g/mol. The van der Waals surface area contributed by atoms with Gasteiger partial charge in [-0.25, -0.2) is 4.99 Å². The van der Waals surface area contributed by atoms with Crippen molar-refractivity contribution >= 4 is 5.96 Å². The maximum Gasteiger partial charge on any atom is 0.191 e. The summed E-state index contributed by atoms with van der Waals surface area (Å²) in [6.45, 7) is 9.10. The number of guanidine groups is 1. The molecule has 5 heteroatoms. The zero-order valence-corrected chi connectivity index (χ0v) is 15.3. The van der Waals surface area contributed by atoms with Crippen LogP contribution in [0.2, 0.25) is 0 Å². The molecule has 1 aromatic carbocycles. The van der Waals surface area contributed by atoms with Gasteiger partial charge in [-0.3, -0.25) is 4.90 Å². The van der Waals surface area contributed by atoms with Gasteiger partial charge in [0.15, 0.2) is 5.96 Å². The van der Waals surface area contributed by atoms with Crippen molar-refractivity contribution in [1.82, 2.24) is 15.5 Å². The maximum atomic E-state index is 5.39. The number of aliphatic imine (C=N–C) groups is 1. The molecule has 0 amide bonds. The summed E-state index contributed by atoms with van der Waals surface area (Å²) in [5.74, 6) is 1.76. The Kier molecular flexibility index (Phi) is 7.89. The molecule has 1 aromatic rings. The van der Waals surface area contributed by atoms with E-state index >= 15 is 0 Å². The fourth-order valence-electron chi connectivity index (χ4n) is 3.15. The number of ether oxygens (including phenoxy) is 1. The monoisotopic (exact) mass is 332 g/mol. The van der Waals surface area contributed by atoms with Gasteiger partial charge in [0.05, 0.1) is 13.7 Å². The first-order valence-electron chi connectivity index (χ1n) is 9.12. The third kappa shape index (κ3) is 5.71. The number of benzene rings is 1. The highest BCUT2D eigenvalue weighted by Crippen LogP contribution is 2.18. The summed E-state index contributed by atoms with van der Waals surface area (Å²) in [4.78, 5) is 7.26. The molecule has 1 fully saturated rings. The van der Waals surface area contributed by atoms with E-state index in [-0.39, 0.29) is 0 Å². The number of likely N-dealkylation sites (tertiary alicyclic amines) is 1. The molecule has 2 rings (SSSR count). The smallest absolute Gasteiger partial charge is 0.191 e. The molecule has 0 radical (unpaired) electrons. The average molecular weight is 332 g/mol. The number of methoxy groups -OCH3 is 1. The highest BCUT2D eigenvalue weighted by molar-refractivity contribution is 5.79. The largest absolute Gasteiger partial charge is 0.496 e. The lowest BCUT2D eigenvalue weighted by Gasteiger charge is -2.33. The number of nitrogens with zero attached hydrogens (tertiary/aromatic N) is 2. The van der Waals surface area contributed by atoms with Crippen molar-refractivity contribution in [2.24, 2.45) is 4.99 Å². The molecular formula is C19H32N4O. The normalized spacial score (nSPS) is 19.1. The van der Waals surface area contributed by atoms with Crippen LogP contribution in [0.25, 0.3) is 0 Å². The lowest BCUT2D eigenvalue weighted by Crippen LogP contribution is -2.45. The Hall–Kier alpha value is -1.75. The Balaban J connectivity index is 1.86. The van der Waals surface area contributed by atoms with Crippen molar-refractivity contribution in [2.75, 3.05) is 33.3 Å². The van der Waals surface area contributed by atoms with Gasteiger partial charge in [-0.05, 0) is 39.3 Å². The summed E-state index contributed by atoms with van der Waals surface area (Å²) in [6, 6.07) is 8.74. The van der Waals surface area contributed by atoms with Gasteiger partial charge < -0.3 is 15.4 Å². The molecule has 24 heavy (non-hydrogen) atoms. The number of hydrogen-bond acceptors (Lipinski definition) is 3. The van der Waals surface area contributed by atoms with Crippen molar-refractivity contribution in [3.05, 3.63) is 29.8 Å². The minimum absolute atomic E-state index is 0.611. The first-order chi connectivity index (χ1) is 11.7. The van der Waals surface area contributed by atoms with Crippen LogP contribution in [-0.2, 0) is 6.54 Å². The summed E-state index contributed by atoms with van der Waals surface area (Å²) in [5, 5.41) is 6.77. The highest BCUT2D eigenvalue weighted by atomic mass is 16.5. The molecule has 5 nitrogen and oxygen atoms in total. The third-order valence-electron chi connectivity index (χ3n) is 4.58. The summed E-state index contributed by atoms with van der Waals surface area (Å²) in [6.07, 6.45) is 4.02. The van der Waals surface area contributed by atoms with E-state index in [0.717, 1.165) is 36.9 Å². The van der Waals surface area contributed by atoms with Gasteiger partial charge in [-0.2, -0.15) is 0 Å². The van der Waals surface area contributed by atoms with Crippen molar-refractivity contribution < 1.29 is 4.74 Å². The molecule has 1 aliphatic rings. The van der Waals surface area contributed by atoms with Gasteiger partial charge >= 0.3 is 0 Å². The van der Waals surface area contributed by atoms with Crippen LogP contribution in [0.15, 0.2) is 29.3 Å². The van der Waals surface area contributed by atoms with E-state index < -0.39 is 0 Å². The van der Waals surface area contributed by atoms with Crippen molar-refractivity contribution in [1.29, 1.82) is 0 Å². The second-order valence-electron chi connectivity index (χ2n) is 6.31. The summed E-state index contributed by atoms with van der Waals surface area (Å²) in [5.41, 5.74) is 1.10. The van der Waals surface area contributed by atoms with E-state index in [1.165, 1.54) is 25.8 Å². The van der Waals surface area contributed by atoms with Gasteiger partial charge in [-0.15, -0.1) is 0 Å². The van der Waals surface area contributed by atoms with Crippen LogP contribution in [0.3, 0.4) is 0 Å². The third-order valence-corrected chi connectivity index (χ3v) is 4.58. The first-order valence-corrected chi connectivity index (χ1v) is 9.12. The van der Waals surface area contributed by atoms with Crippen LogP contribution in [-0.4, -0.2) is 50.2 Å². The van der Waals surface area contributed by atoms with Crippen LogP contribution in [0.1, 0.15) is 38.7 Å². The Morgan fingerprint density at radius 2 is 2.12 bits per heavy atom. The summed E-state index contributed by atoms with van der Waals surface area (Å²) >= 11 is 0. The molecule has 0 aromatic heterocycles. The molecule has 0 aliphatic carbocycles. The van der Waals surface area contributed by atoms with E-state index in [1.807, 2.05) is 18.2 Å². The lowest BCUT2D eigenvalue weighted by molar-refractivity contribution is 0.163. The zero-order chi connectivity index (χ0) is 17.2. The molecule has 1 unspecified atom stereocenters. The van der Waals surface area contributed by atoms with E-state index in [4.69, 9.17) is 4.74 Å². The SMILES string of the molecule is CCNC(=NCc1ccccc1OC)NCCN1CCCCC1C. The zero-order valence-electron chi connectivity index (χ0n) is 15.3. The maximum absolute atomic E-state index is 5.39. The van der Waals surface area contributed by atoms with E-state index in [0.29, 0.717) is 12.6 Å². The fraction of sp³-hybridized carbons (Fsp3) is 0.632. The molecule has 0 spiro atoms. The molecule has 1 aliphatic heterocycles. The molecule has 0 saturated carbocycles. The fourth-order valence-corrected chi connectivity index (χ4v) is 3.15. The predicted molar refractivity (Wildman–Crippen MR) is 101 cm³/mol. The number of piperidine rings is 1. The molecule has 1 heterocycles. The molecule has 1 atom stereocenters. The number of para-hydroxylation sites is 1. The molecule has 1 saturated heterocycles. The van der Waals surface area contributed by atoms with Gasteiger partial charge in [0, 0.05) is 31.2 Å². The lowest BCUT2D eigenvalue weighted by atomic mass is 10.0. The minimum Gasteiger partial charge on any atom is -0.496 e. The Labute approximate surface area is 146 Å². The Morgan fingerprint density at radius 3 is 2.88 bits per heavy atom. The highest BCUT2D eigenvalue weighted by Gasteiger charge is 2.17. The van der Waals surface area contributed by atoms with Crippen LogP contribution < -0.4 is 15.4 Å². The number of hydrogen-bond donors (Lipinski definition) is 2. The van der Waals surface area contributed by atoms with E-state index in [2.05, 4.69) is 40.4 Å². The van der Waals surface area contributed by atoms with Gasteiger partial charge in [0.1, 0.15) is 5.75 Å². The van der Waals surface area contributed by atoms with Crippen LogP contribution in [0.5, 0.6) is 5.75 Å². The van der Waals surface area contributed by atoms with Crippen LogP contribution in [0.4, 0.5) is 0 Å². The Morgan fingerprint density at radius 1 is 1.29 bits per heavy atom. The second kappa shape index (κ2) is 10.2. The van der Waals surface area contributed by atoms with Crippen LogP contribution >= 0.6 is 0 Å². The summed E-state index contributed by atoms with van der Waals surface area (Å²) in [7, 11) is 1.70. The van der Waals surface area contributed by atoms with E-state index in [9.17, 15) is 0 Å². The van der Waals surface area contributed by atoms with Crippen molar-refractivity contribution in [3.63, 3.8) is 0 Å². The standard InChI is InChI=1S/C19H32N4O/c1-4-20-19(21-12-14-23-13-8-7-9-16(23)2)22-15-17-10-5-6-11-18(17)24-3/h5-6,10-11,16H,4,7-9,12-15H2,1-3H3,(H2,20,21,22).